The molecule has 1 aromatic carbocycles. The number of benzene rings is 1. The molecule has 0 amide bonds. The molecule has 8 heteroatoms. The van der Waals surface area contributed by atoms with Crippen LogP contribution in [-0.4, -0.2) is 11.7 Å². The number of thioether (sulfide) groups is 1. The van der Waals surface area contributed by atoms with Crippen molar-refractivity contribution in [2.45, 2.75) is 16.6 Å². The van der Waals surface area contributed by atoms with Crippen molar-refractivity contribution in [3.8, 4) is 0 Å². The van der Waals surface area contributed by atoms with E-state index >= 15 is 0 Å². The molecule has 0 saturated carbocycles. The molecule has 0 bridgehead atoms. The lowest BCUT2D eigenvalue weighted by Gasteiger charge is -2.15. The number of alkyl halides is 4. The summed E-state index contributed by atoms with van der Waals surface area (Å²) in [4.78, 5) is -0.244. The maximum Gasteiger partial charge on any atom is 0.357 e. The monoisotopic (exact) mass is 293 g/mol. The molecule has 0 heterocycles. The van der Waals surface area contributed by atoms with Crippen LogP contribution in [0.4, 0.5) is 23.2 Å². The summed E-state index contributed by atoms with van der Waals surface area (Å²) in [5.74, 6) is 0. The maximum atomic E-state index is 12.7. The van der Waals surface area contributed by atoms with Crippen molar-refractivity contribution in [3.63, 3.8) is 0 Å². The molecule has 0 atom stereocenters. The second kappa shape index (κ2) is 4.89. The zero-order valence-electron chi connectivity index (χ0n) is 7.49. The van der Waals surface area contributed by atoms with Gasteiger partial charge in [0.15, 0.2) is 0 Å². The third-order valence-electron chi connectivity index (χ3n) is 1.58. The average molecular weight is 294 g/mol. The van der Waals surface area contributed by atoms with Gasteiger partial charge in [0.2, 0.25) is 0 Å². The third kappa shape index (κ3) is 2.87. The van der Waals surface area contributed by atoms with Gasteiger partial charge in [-0.15, -0.1) is 0 Å². The molecule has 2 N–H and O–H groups in total. The number of nitrogens with two attached hydrogens (primary N) is 1. The van der Waals surface area contributed by atoms with Crippen molar-refractivity contribution >= 4 is 40.7 Å². The lowest BCUT2D eigenvalue weighted by molar-refractivity contribution is -0.0563. The Morgan fingerprint density at radius 1 is 1.19 bits per heavy atom. The van der Waals surface area contributed by atoms with E-state index in [9.17, 15) is 17.6 Å². The van der Waals surface area contributed by atoms with Crippen molar-refractivity contribution in [2.75, 3.05) is 5.73 Å². The highest BCUT2D eigenvalue weighted by Gasteiger charge is 2.42. The standard InChI is InChI=1S/C8H5Cl2F4NS/c9-5-3(15)1-2-4(6(5)10)16-8(13,14)7(11)12/h1-2,7H,15H2. The zero-order valence-corrected chi connectivity index (χ0v) is 9.81. The van der Waals surface area contributed by atoms with E-state index in [4.69, 9.17) is 28.9 Å². The SMILES string of the molecule is Nc1ccc(SC(F)(F)C(F)F)c(Cl)c1Cl. The first-order valence-corrected chi connectivity index (χ1v) is 5.41. The molecule has 0 saturated heterocycles. The quantitative estimate of drug-likeness (QED) is 0.503. The molecule has 1 aromatic rings. The number of halogens is 6. The Bertz CT molecular complexity index is 400. The molecule has 0 aromatic heterocycles. The summed E-state index contributed by atoms with van der Waals surface area (Å²) in [5, 5.41) is -4.60. The summed E-state index contributed by atoms with van der Waals surface area (Å²) < 4.78 is 49.3. The van der Waals surface area contributed by atoms with E-state index in [1.165, 1.54) is 6.07 Å². The molecule has 0 unspecified atom stereocenters. The smallest absolute Gasteiger partial charge is 0.357 e. The molecule has 0 aliphatic carbocycles. The fraction of sp³-hybridized carbons (Fsp3) is 0.250. The Balaban J connectivity index is 3.04. The maximum absolute atomic E-state index is 12.7. The van der Waals surface area contributed by atoms with Crippen molar-refractivity contribution in [3.05, 3.63) is 22.2 Å². The van der Waals surface area contributed by atoms with Crippen LogP contribution in [0, 0.1) is 0 Å². The topological polar surface area (TPSA) is 26.0 Å². The molecular weight excluding hydrogens is 289 g/mol. The van der Waals surface area contributed by atoms with Gasteiger partial charge >= 0.3 is 11.7 Å². The van der Waals surface area contributed by atoms with Gasteiger partial charge in [-0.05, 0) is 23.9 Å². The van der Waals surface area contributed by atoms with Gasteiger partial charge in [-0.2, -0.15) is 8.78 Å². The van der Waals surface area contributed by atoms with Crippen molar-refractivity contribution in [1.82, 2.24) is 0 Å². The normalized spacial score (nSPS) is 12.2. The van der Waals surface area contributed by atoms with E-state index in [0.29, 0.717) is 0 Å². The molecule has 1 rings (SSSR count). The number of rotatable bonds is 3. The average Bonchev–Trinajstić information content (AvgIpc) is 2.19. The van der Waals surface area contributed by atoms with Gasteiger partial charge in [0.25, 0.3) is 0 Å². The van der Waals surface area contributed by atoms with Crippen LogP contribution in [0.1, 0.15) is 0 Å². The largest absolute Gasteiger partial charge is 0.397 e. The summed E-state index contributed by atoms with van der Waals surface area (Å²) in [7, 11) is 0. The van der Waals surface area contributed by atoms with Gasteiger partial charge in [0, 0.05) is 4.90 Å². The van der Waals surface area contributed by atoms with Crippen LogP contribution in [0.5, 0.6) is 0 Å². The summed E-state index contributed by atoms with van der Waals surface area (Å²) >= 11 is 10.8. The minimum atomic E-state index is -4.22. The number of anilines is 1. The Hall–Kier alpha value is -0.330. The fourth-order valence-electron chi connectivity index (χ4n) is 0.817. The summed E-state index contributed by atoms with van der Waals surface area (Å²) in [5.41, 5.74) is 5.45. The highest BCUT2D eigenvalue weighted by Crippen LogP contribution is 2.45. The molecule has 0 spiro atoms. The molecule has 0 radical (unpaired) electrons. The minimum Gasteiger partial charge on any atom is -0.397 e. The number of nitrogen functional groups attached to an aromatic ring is 1. The molecule has 0 aliphatic rings. The van der Waals surface area contributed by atoms with Crippen molar-refractivity contribution in [2.24, 2.45) is 0 Å². The zero-order chi connectivity index (χ0) is 12.5. The molecule has 90 valence electrons. The second-order valence-electron chi connectivity index (χ2n) is 2.75. The van der Waals surface area contributed by atoms with E-state index < -0.39 is 11.7 Å². The lowest BCUT2D eigenvalue weighted by atomic mass is 10.3. The van der Waals surface area contributed by atoms with Gasteiger partial charge in [0.1, 0.15) is 0 Å². The number of hydrogen-bond acceptors (Lipinski definition) is 2. The van der Waals surface area contributed by atoms with Crippen LogP contribution in [-0.2, 0) is 0 Å². The van der Waals surface area contributed by atoms with Gasteiger partial charge in [-0.25, -0.2) is 8.78 Å². The van der Waals surface area contributed by atoms with Crippen molar-refractivity contribution < 1.29 is 17.6 Å². The Labute approximate surface area is 103 Å². The second-order valence-corrected chi connectivity index (χ2v) is 4.69. The lowest BCUT2D eigenvalue weighted by Crippen LogP contribution is -2.21. The van der Waals surface area contributed by atoms with Crippen LogP contribution in [0.2, 0.25) is 10.0 Å². The first kappa shape index (κ1) is 13.7. The highest BCUT2D eigenvalue weighted by atomic mass is 35.5. The van der Waals surface area contributed by atoms with Gasteiger partial charge in [0.05, 0.1) is 15.7 Å². The predicted octanol–water partition coefficient (Wildman–Crippen LogP) is 4.53. The van der Waals surface area contributed by atoms with Crippen LogP contribution in [0.15, 0.2) is 17.0 Å². The molecule has 16 heavy (non-hydrogen) atoms. The van der Waals surface area contributed by atoms with E-state index in [1.807, 2.05) is 0 Å². The first-order valence-electron chi connectivity index (χ1n) is 3.84. The molecular formula is C8H5Cl2F4NS. The first-order chi connectivity index (χ1) is 7.25. The molecule has 0 aliphatic heterocycles. The molecule has 1 nitrogen and oxygen atoms in total. The Morgan fingerprint density at radius 3 is 2.25 bits per heavy atom. The number of hydrogen-bond donors (Lipinski definition) is 1. The van der Waals surface area contributed by atoms with E-state index in [2.05, 4.69) is 0 Å². The van der Waals surface area contributed by atoms with Gasteiger partial charge in [-0.3, -0.25) is 0 Å². The van der Waals surface area contributed by atoms with Crippen LogP contribution < -0.4 is 5.73 Å². The minimum absolute atomic E-state index is 0.0939. The molecule has 0 fully saturated rings. The fourth-order valence-corrected chi connectivity index (χ4v) is 2.04. The van der Waals surface area contributed by atoms with Crippen LogP contribution in [0.3, 0.4) is 0 Å². The third-order valence-corrected chi connectivity index (χ3v) is 3.60. The summed E-state index contributed by atoms with van der Waals surface area (Å²) in [6.07, 6.45) is -3.79. The Morgan fingerprint density at radius 2 is 1.75 bits per heavy atom. The summed E-state index contributed by atoms with van der Waals surface area (Å²) in [6, 6.07) is 2.34. The van der Waals surface area contributed by atoms with Gasteiger partial charge < -0.3 is 5.73 Å². The van der Waals surface area contributed by atoms with E-state index in [-0.39, 0.29) is 32.4 Å². The van der Waals surface area contributed by atoms with Gasteiger partial charge in [-0.1, -0.05) is 23.2 Å². The highest BCUT2D eigenvalue weighted by molar-refractivity contribution is 8.00. The van der Waals surface area contributed by atoms with E-state index in [0.717, 1.165) is 6.07 Å². The van der Waals surface area contributed by atoms with Crippen molar-refractivity contribution in [1.29, 1.82) is 0 Å². The Kier molecular flexibility index (Phi) is 4.20. The van der Waals surface area contributed by atoms with Crippen LogP contribution in [0.25, 0.3) is 0 Å². The summed E-state index contributed by atoms with van der Waals surface area (Å²) in [6.45, 7) is 0. The predicted molar refractivity (Wildman–Crippen MR) is 57.7 cm³/mol. The van der Waals surface area contributed by atoms with Crippen LogP contribution >= 0.6 is 35.0 Å². The van der Waals surface area contributed by atoms with E-state index in [1.54, 1.807) is 0 Å².